The quantitative estimate of drug-likeness (QED) is 0.682. The lowest BCUT2D eigenvalue weighted by Gasteiger charge is -2.15. The van der Waals surface area contributed by atoms with Gasteiger partial charge in [-0.3, -0.25) is 0 Å². The number of anilines is 1. The molecule has 108 valence electrons. The van der Waals surface area contributed by atoms with E-state index in [1.54, 1.807) is 20.2 Å². The van der Waals surface area contributed by atoms with E-state index in [1.807, 2.05) is 26.0 Å². The average Bonchev–Trinajstić information content (AvgIpc) is 2.40. The smallest absolute Gasteiger partial charge is 0.330 e. The summed E-state index contributed by atoms with van der Waals surface area (Å²) >= 11 is 0. The lowest BCUT2D eigenvalue weighted by Crippen LogP contribution is -2.27. The van der Waals surface area contributed by atoms with Crippen LogP contribution in [0, 0.1) is 13.8 Å². The average molecular weight is 276 g/mol. The number of hydrogen-bond acceptors (Lipinski definition) is 3. The van der Waals surface area contributed by atoms with Crippen molar-refractivity contribution in [3.8, 4) is 0 Å². The van der Waals surface area contributed by atoms with Gasteiger partial charge in [-0.15, -0.1) is 0 Å². The molecular weight excluding hydrogens is 256 g/mol. The van der Waals surface area contributed by atoms with Gasteiger partial charge in [0.05, 0.1) is 7.11 Å². The fourth-order valence-corrected chi connectivity index (χ4v) is 1.54. The zero-order chi connectivity index (χ0) is 15.3. The normalized spacial score (nSPS) is 10.4. The second kappa shape index (κ2) is 6.75. The summed E-state index contributed by atoms with van der Waals surface area (Å²) in [6, 6.07) is 3.58. The van der Waals surface area contributed by atoms with Crippen molar-refractivity contribution < 1.29 is 14.3 Å². The first-order valence-electron chi connectivity index (χ1n) is 6.20. The Labute approximate surface area is 119 Å². The van der Waals surface area contributed by atoms with E-state index in [1.165, 1.54) is 18.1 Å². The van der Waals surface area contributed by atoms with E-state index in [9.17, 15) is 9.59 Å². The Balaban J connectivity index is 3.14. The molecule has 0 fully saturated rings. The highest BCUT2D eigenvalue weighted by Gasteiger charge is 2.09. The molecule has 1 rings (SSSR count). The predicted octanol–water partition coefficient (Wildman–Crippen LogP) is 2.58. The molecule has 0 unspecified atom stereocenters. The molecule has 0 atom stereocenters. The second-order valence-corrected chi connectivity index (χ2v) is 4.70. The summed E-state index contributed by atoms with van der Waals surface area (Å²) in [5.41, 5.74) is 3.56. The SMILES string of the molecule is COC(=O)/C=C/c1cc(C)c(C)cc1NC(=O)N(C)C. The minimum atomic E-state index is -0.437. The highest BCUT2D eigenvalue weighted by molar-refractivity contribution is 5.94. The molecule has 2 amide bonds. The van der Waals surface area contributed by atoms with Crippen LogP contribution in [0.5, 0.6) is 0 Å². The molecule has 0 aliphatic heterocycles. The maximum Gasteiger partial charge on any atom is 0.330 e. The number of esters is 1. The zero-order valence-corrected chi connectivity index (χ0v) is 12.5. The van der Waals surface area contributed by atoms with Crippen molar-refractivity contribution in [2.45, 2.75) is 13.8 Å². The molecule has 0 aliphatic rings. The first-order chi connectivity index (χ1) is 9.35. The highest BCUT2D eigenvalue weighted by atomic mass is 16.5. The van der Waals surface area contributed by atoms with Crippen molar-refractivity contribution in [1.82, 2.24) is 4.90 Å². The van der Waals surface area contributed by atoms with Crippen LogP contribution in [-0.2, 0) is 9.53 Å². The molecule has 20 heavy (non-hydrogen) atoms. The van der Waals surface area contributed by atoms with E-state index < -0.39 is 5.97 Å². The molecule has 0 radical (unpaired) electrons. The van der Waals surface area contributed by atoms with E-state index in [0.717, 1.165) is 16.7 Å². The molecule has 0 saturated heterocycles. The van der Waals surface area contributed by atoms with Crippen molar-refractivity contribution in [3.05, 3.63) is 34.9 Å². The highest BCUT2D eigenvalue weighted by Crippen LogP contribution is 2.22. The number of methoxy groups -OCH3 is 1. The van der Waals surface area contributed by atoms with Gasteiger partial charge in [-0.25, -0.2) is 9.59 Å². The second-order valence-electron chi connectivity index (χ2n) is 4.70. The summed E-state index contributed by atoms with van der Waals surface area (Å²) in [5.74, 6) is -0.437. The Morgan fingerprint density at radius 2 is 1.80 bits per heavy atom. The van der Waals surface area contributed by atoms with E-state index in [0.29, 0.717) is 5.69 Å². The number of nitrogens with zero attached hydrogens (tertiary/aromatic N) is 1. The Morgan fingerprint density at radius 1 is 1.20 bits per heavy atom. The standard InChI is InChI=1S/C15H20N2O3/c1-10-8-12(6-7-14(18)20-5)13(9-11(10)2)16-15(19)17(3)4/h6-9H,1-5H3,(H,16,19)/b7-6+. The first-order valence-corrected chi connectivity index (χ1v) is 6.20. The van der Waals surface area contributed by atoms with E-state index >= 15 is 0 Å². The number of ether oxygens (including phenoxy) is 1. The van der Waals surface area contributed by atoms with Crippen molar-refractivity contribution in [1.29, 1.82) is 0 Å². The van der Waals surface area contributed by atoms with Gasteiger partial charge in [0.1, 0.15) is 0 Å². The number of urea groups is 1. The Hall–Kier alpha value is -2.30. The molecule has 1 N–H and O–H groups in total. The van der Waals surface area contributed by atoms with Crippen LogP contribution in [0.1, 0.15) is 16.7 Å². The zero-order valence-electron chi connectivity index (χ0n) is 12.5. The third-order valence-electron chi connectivity index (χ3n) is 2.91. The largest absolute Gasteiger partial charge is 0.466 e. The minimum Gasteiger partial charge on any atom is -0.466 e. The number of amides is 2. The predicted molar refractivity (Wildman–Crippen MR) is 79.7 cm³/mol. The lowest BCUT2D eigenvalue weighted by atomic mass is 10.0. The number of benzene rings is 1. The van der Waals surface area contributed by atoms with Gasteiger partial charge in [-0.1, -0.05) is 0 Å². The fourth-order valence-electron chi connectivity index (χ4n) is 1.54. The molecule has 0 aromatic heterocycles. The molecular formula is C15H20N2O3. The molecule has 0 spiro atoms. The fraction of sp³-hybridized carbons (Fsp3) is 0.333. The van der Waals surface area contributed by atoms with Crippen molar-refractivity contribution in [2.75, 3.05) is 26.5 Å². The van der Waals surface area contributed by atoms with Crippen LogP contribution in [0.15, 0.2) is 18.2 Å². The molecule has 0 heterocycles. The minimum absolute atomic E-state index is 0.221. The van der Waals surface area contributed by atoms with E-state index in [-0.39, 0.29) is 6.03 Å². The first kappa shape index (κ1) is 15.8. The monoisotopic (exact) mass is 276 g/mol. The van der Waals surface area contributed by atoms with Crippen LogP contribution in [0.4, 0.5) is 10.5 Å². The molecule has 5 heteroatoms. The summed E-state index contributed by atoms with van der Waals surface area (Å²) < 4.78 is 4.56. The van der Waals surface area contributed by atoms with Crippen LogP contribution in [0.2, 0.25) is 0 Å². The van der Waals surface area contributed by atoms with E-state index in [2.05, 4.69) is 10.1 Å². The summed E-state index contributed by atoms with van der Waals surface area (Å²) in [5, 5.41) is 2.80. The maximum atomic E-state index is 11.8. The third kappa shape index (κ3) is 4.12. The molecule has 0 bridgehead atoms. The summed E-state index contributed by atoms with van der Waals surface area (Å²) in [6.45, 7) is 3.94. The van der Waals surface area contributed by atoms with Crippen molar-refractivity contribution >= 4 is 23.8 Å². The molecule has 1 aromatic carbocycles. The van der Waals surface area contributed by atoms with Gasteiger partial charge in [0, 0.05) is 25.9 Å². The van der Waals surface area contributed by atoms with Gasteiger partial charge in [-0.05, 0) is 48.7 Å². The van der Waals surface area contributed by atoms with Crippen molar-refractivity contribution in [2.24, 2.45) is 0 Å². The third-order valence-corrected chi connectivity index (χ3v) is 2.91. The molecule has 1 aromatic rings. The lowest BCUT2D eigenvalue weighted by molar-refractivity contribution is -0.134. The number of carbonyl (C=O) groups excluding carboxylic acids is 2. The number of rotatable bonds is 3. The molecule has 0 saturated carbocycles. The van der Waals surface area contributed by atoms with Gasteiger partial charge in [0.2, 0.25) is 0 Å². The Bertz CT molecular complexity index is 548. The van der Waals surface area contributed by atoms with Crippen LogP contribution in [-0.4, -0.2) is 38.1 Å². The number of nitrogens with one attached hydrogen (secondary N) is 1. The van der Waals surface area contributed by atoms with E-state index in [4.69, 9.17) is 0 Å². The molecule has 0 aliphatic carbocycles. The summed E-state index contributed by atoms with van der Waals surface area (Å²) in [6.07, 6.45) is 2.96. The van der Waals surface area contributed by atoms with Crippen LogP contribution < -0.4 is 5.32 Å². The summed E-state index contributed by atoms with van der Waals surface area (Å²) in [4.78, 5) is 24.4. The van der Waals surface area contributed by atoms with Gasteiger partial charge in [0.15, 0.2) is 0 Å². The topological polar surface area (TPSA) is 58.6 Å². The maximum absolute atomic E-state index is 11.8. The Kier molecular flexibility index (Phi) is 5.32. The van der Waals surface area contributed by atoms with Gasteiger partial charge < -0.3 is 15.0 Å². The molecule has 5 nitrogen and oxygen atoms in total. The number of hydrogen-bond donors (Lipinski definition) is 1. The number of aryl methyl sites for hydroxylation is 2. The van der Waals surface area contributed by atoms with Crippen molar-refractivity contribution in [3.63, 3.8) is 0 Å². The van der Waals surface area contributed by atoms with Crippen LogP contribution in [0.25, 0.3) is 6.08 Å². The summed E-state index contributed by atoms with van der Waals surface area (Å²) in [7, 11) is 4.66. The number of carbonyl (C=O) groups is 2. The van der Waals surface area contributed by atoms with Crippen LogP contribution in [0.3, 0.4) is 0 Å². The van der Waals surface area contributed by atoms with Crippen LogP contribution >= 0.6 is 0 Å². The van der Waals surface area contributed by atoms with Gasteiger partial charge in [0.25, 0.3) is 0 Å². The van der Waals surface area contributed by atoms with Gasteiger partial charge in [-0.2, -0.15) is 0 Å². The van der Waals surface area contributed by atoms with Gasteiger partial charge >= 0.3 is 12.0 Å². The Morgan fingerprint density at radius 3 is 2.35 bits per heavy atom.